The van der Waals surface area contributed by atoms with Crippen molar-refractivity contribution in [2.24, 2.45) is 0 Å². The van der Waals surface area contributed by atoms with E-state index >= 15 is 0 Å². The molecule has 72 valence electrons. The molecule has 0 fully saturated rings. The van der Waals surface area contributed by atoms with Gasteiger partial charge in [0.1, 0.15) is 6.17 Å². The molecule has 2 rings (SSSR count). The Morgan fingerprint density at radius 3 is 2.93 bits per heavy atom. The standard InChI is InChI=1S/C11H9FO2/c12-10-5-7-3-1-2-4-8(7)9(10)6-11(13)14/h1-4,6,10H,5H2,(H,13,14)/t10-/m0/s1. The van der Waals surface area contributed by atoms with Crippen LogP contribution in [0.3, 0.4) is 0 Å². The number of allylic oxidation sites excluding steroid dienone is 1. The predicted molar refractivity (Wildman–Crippen MR) is 50.7 cm³/mol. The summed E-state index contributed by atoms with van der Waals surface area (Å²) in [5.74, 6) is -1.10. The number of hydrogen-bond acceptors (Lipinski definition) is 1. The summed E-state index contributed by atoms with van der Waals surface area (Å²) in [5.41, 5.74) is 1.89. The molecule has 1 aromatic rings. The Bertz CT molecular complexity index is 410. The minimum absolute atomic E-state index is 0.285. The van der Waals surface area contributed by atoms with Gasteiger partial charge in [-0.3, -0.25) is 0 Å². The Balaban J connectivity index is 2.50. The largest absolute Gasteiger partial charge is 0.478 e. The molecule has 0 bridgehead atoms. The third-order valence-electron chi connectivity index (χ3n) is 2.34. The van der Waals surface area contributed by atoms with E-state index in [1.807, 2.05) is 12.1 Å². The molecule has 0 radical (unpaired) electrons. The highest BCUT2D eigenvalue weighted by Gasteiger charge is 2.26. The number of aliphatic carboxylic acids is 1. The average Bonchev–Trinajstić information content (AvgIpc) is 2.43. The lowest BCUT2D eigenvalue weighted by atomic mass is 10.1. The van der Waals surface area contributed by atoms with Crippen molar-refractivity contribution in [2.45, 2.75) is 12.6 Å². The lowest BCUT2D eigenvalue weighted by Crippen LogP contribution is -1.99. The third-order valence-corrected chi connectivity index (χ3v) is 2.34. The van der Waals surface area contributed by atoms with Crippen LogP contribution in [0.25, 0.3) is 5.57 Å². The molecule has 0 amide bonds. The fraction of sp³-hybridized carbons (Fsp3) is 0.182. The number of rotatable bonds is 1. The fourth-order valence-electron chi connectivity index (χ4n) is 1.75. The maximum absolute atomic E-state index is 13.4. The van der Waals surface area contributed by atoms with Crippen LogP contribution in [0, 0.1) is 0 Å². The molecule has 0 saturated carbocycles. The first kappa shape index (κ1) is 8.94. The Morgan fingerprint density at radius 2 is 2.21 bits per heavy atom. The summed E-state index contributed by atoms with van der Waals surface area (Å²) < 4.78 is 13.4. The minimum atomic E-state index is -1.18. The number of carboxylic acids is 1. The monoisotopic (exact) mass is 192 g/mol. The van der Waals surface area contributed by atoms with Gasteiger partial charge in [0.2, 0.25) is 0 Å². The van der Waals surface area contributed by atoms with E-state index in [1.165, 1.54) is 0 Å². The number of hydrogen-bond donors (Lipinski definition) is 1. The van der Waals surface area contributed by atoms with E-state index in [0.29, 0.717) is 0 Å². The van der Waals surface area contributed by atoms with Crippen molar-refractivity contribution in [2.75, 3.05) is 0 Å². The maximum atomic E-state index is 13.4. The molecule has 1 aliphatic rings. The molecule has 0 unspecified atom stereocenters. The number of carboxylic acid groups (broad SMARTS) is 1. The topological polar surface area (TPSA) is 37.3 Å². The zero-order chi connectivity index (χ0) is 10.1. The Morgan fingerprint density at radius 1 is 1.50 bits per heavy atom. The van der Waals surface area contributed by atoms with E-state index in [0.717, 1.165) is 17.2 Å². The summed E-state index contributed by atoms with van der Waals surface area (Å²) >= 11 is 0. The smallest absolute Gasteiger partial charge is 0.328 e. The molecule has 1 aromatic carbocycles. The van der Waals surface area contributed by atoms with Crippen LogP contribution in [0.5, 0.6) is 0 Å². The normalized spacial score (nSPS) is 22.4. The molecule has 0 spiro atoms. The van der Waals surface area contributed by atoms with Crippen molar-refractivity contribution in [3.63, 3.8) is 0 Å². The van der Waals surface area contributed by atoms with Gasteiger partial charge in [0.25, 0.3) is 0 Å². The zero-order valence-corrected chi connectivity index (χ0v) is 7.40. The van der Waals surface area contributed by atoms with Crippen LogP contribution >= 0.6 is 0 Å². The predicted octanol–water partition coefficient (Wildman–Crippen LogP) is 2.05. The van der Waals surface area contributed by atoms with Gasteiger partial charge in [-0.05, 0) is 11.1 Å². The van der Waals surface area contributed by atoms with Crippen LogP contribution in [0.15, 0.2) is 30.3 Å². The van der Waals surface area contributed by atoms with Crippen LogP contribution in [-0.2, 0) is 11.2 Å². The first-order valence-corrected chi connectivity index (χ1v) is 4.35. The van der Waals surface area contributed by atoms with E-state index in [4.69, 9.17) is 5.11 Å². The summed E-state index contributed by atoms with van der Waals surface area (Å²) in [4.78, 5) is 10.5. The molecule has 0 saturated heterocycles. The molecule has 0 heterocycles. The van der Waals surface area contributed by atoms with E-state index in [1.54, 1.807) is 12.1 Å². The zero-order valence-electron chi connectivity index (χ0n) is 7.40. The van der Waals surface area contributed by atoms with E-state index < -0.39 is 12.1 Å². The van der Waals surface area contributed by atoms with Gasteiger partial charge in [-0.25, -0.2) is 9.18 Å². The molecule has 14 heavy (non-hydrogen) atoms. The van der Waals surface area contributed by atoms with Crippen LogP contribution in [0.4, 0.5) is 4.39 Å². The van der Waals surface area contributed by atoms with Gasteiger partial charge in [-0.2, -0.15) is 0 Å². The highest BCUT2D eigenvalue weighted by atomic mass is 19.1. The van der Waals surface area contributed by atoms with Crippen LogP contribution in [0.2, 0.25) is 0 Å². The molecule has 0 aliphatic heterocycles. The summed E-state index contributed by atoms with van der Waals surface area (Å²) in [6.07, 6.45) is 0.0645. The first-order valence-electron chi connectivity index (χ1n) is 4.35. The van der Waals surface area contributed by atoms with E-state index in [-0.39, 0.29) is 12.0 Å². The highest BCUT2D eigenvalue weighted by Crippen LogP contribution is 2.33. The van der Waals surface area contributed by atoms with Crippen molar-refractivity contribution < 1.29 is 14.3 Å². The second-order valence-electron chi connectivity index (χ2n) is 3.27. The van der Waals surface area contributed by atoms with Gasteiger partial charge < -0.3 is 5.11 Å². The lowest BCUT2D eigenvalue weighted by Gasteiger charge is -2.00. The summed E-state index contributed by atoms with van der Waals surface area (Å²) in [5, 5.41) is 8.57. The van der Waals surface area contributed by atoms with Gasteiger partial charge in [0.05, 0.1) is 0 Å². The highest BCUT2D eigenvalue weighted by molar-refractivity contribution is 5.93. The van der Waals surface area contributed by atoms with Crippen molar-refractivity contribution in [3.8, 4) is 0 Å². The quantitative estimate of drug-likeness (QED) is 0.691. The van der Waals surface area contributed by atoms with Crippen LogP contribution in [0.1, 0.15) is 11.1 Å². The minimum Gasteiger partial charge on any atom is -0.478 e. The summed E-state index contributed by atoms with van der Waals surface area (Å²) in [6.45, 7) is 0. The number of alkyl halides is 1. The van der Waals surface area contributed by atoms with Gasteiger partial charge in [0.15, 0.2) is 0 Å². The van der Waals surface area contributed by atoms with Crippen molar-refractivity contribution >= 4 is 11.5 Å². The van der Waals surface area contributed by atoms with Gasteiger partial charge >= 0.3 is 5.97 Å². The number of benzene rings is 1. The molecule has 3 heteroatoms. The Labute approximate surface area is 80.7 Å². The second kappa shape index (κ2) is 3.25. The SMILES string of the molecule is O=C(O)C=C1c2ccccc2C[C@@H]1F. The average molecular weight is 192 g/mol. The van der Waals surface area contributed by atoms with Crippen LogP contribution in [-0.4, -0.2) is 17.2 Å². The van der Waals surface area contributed by atoms with E-state index in [9.17, 15) is 9.18 Å². The Hall–Kier alpha value is -1.64. The summed E-state index contributed by atoms with van der Waals surface area (Å²) in [6, 6.07) is 7.19. The number of halogens is 1. The fourth-order valence-corrected chi connectivity index (χ4v) is 1.75. The molecule has 2 nitrogen and oxygen atoms in total. The van der Waals surface area contributed by atoms with Crippen molar-refractivity contribution in [1.29, 1.82) is 0 Å². The van der Waals surface area contributed by atoms with Gasteiger partial charge in [0, 0.05) is 18.1 Å². The Kier molecular flexibility index (Phi) is 2.08. The van der Waals surface area contributed by atoms with Gasteiger partial charge in [-0.15, -0.1) is 0 Å². The molecule has 1 aliphatic carbocycles. The molecule has 1 N–H and O–H groups in total. The third kappa shape index (κ3) is 1.41. The van der Waals surface area contributed by atoms with Crippen molar-refractivity contribution in [1.82, 2.24) is 0 Å². The van der Waals surface area contributed by atoms with Crippen LogP contribution < -0.4 is 0 Å². The molecule has 0 aromatic heterocycles. The number of fused-ring (bicyclic) bond motifs is 1. The molecular formula is C11H9FO2. The van der Waals surface area contributed by atoms with Crippen molar-refractivity contribution in [3.05, 3.63) is 41.5 Å². The molecular weight excluding hydrogens is 183 g/mol. The van der Waals surface area contributed by atoms with E-state index in [2.05, 4.69) is 0 Å². The maximum Gasteiger partial charge on any atom is 0.328 e. The summed E-state index contributed by atoms with van der Waals surface area (Å²) in [7, 11) is 0. The van der Waals surface area contributed by atoms with Gasteiger partial charge in [-0.1, -0.05) is 24.3 Å². The molecule has 1 atom stereocenters. The number of carbonyl (C=O) groups is 1. The lowest BCUT2D eigenvalue weighted by molar-refractivity contribution is -0.131. The first-order chi connectivity index (χ1) is 6.68. The second-order valence-corrected chi connectivity index (χ2v) is 3.27.